The summed E-state index contributed by atoms with van der Waals surface area (Å²) >= 11 is 0. The Kier molecular flexibility index (Phi) is 3.81. The fraction of sp³-hybridized carbons (Fsp3) is 0.200. The van der Waals surface area contributed by atoms with Crippen molar-refractivity contribution >= 4 is 11.7 Å². The van der Waals surface area contributed by atoms with Gasteiger partial charge in [0.05, 0.1) is 12.0 Å². The molecule has 8 heteroatoms. The molecule has 1 unspecified atom stereocenters. The van der Waals surface area contributed by atoms with Crippen LogP contribution < -0.4 is 4.74 Å². The smallest absolute Gasteiger partial charge is 0.337 e. The lowest BCUT2D eigenvalue weighted by Gasteiger charge is -2.09. The predicted octanol–water partition coefficient (Wildman–Crippen LogP) is 0.593. The van der Waals surface area contributed by atoms with Gasteiger partial charge in [0.2, 0.25) is 0 Å². The zero-order valence-corrected chi connectivity index (χ0v) is 9.15. The average molecular weight is 252 g/mol. The Balaban J connectivity index is 3.51. The van der Waals surface area contributed by atoms with Crippen LogP contribution in [0.3, 0.4) is 0 Å². The van der Waals surface area contributed by atoms with E-state index in [0.717, 1.165) is 12.1 Å². The van der Waals surface area contributed by atoms with Gasteiger partial charge in [0.25, 0.3) is 5.69 Å². The van der Waals surface area contributed by atoms with E-state index in [1.54, 1.807) is 6.07 Å². The molecular weight excluding hydrogens is 244 g/mol. The van der Waals surface area contributed by atoms with Gasteiger partial charge in [0.1, 0.15) is 11.8 Å². The van der Waals surface area contributed by atoms with E-state index in [2.05, 4.69) is 0 Å². The van der Waals surface area contributed by atoms with Crippen molar-refractivity contribution in [3.8, 4) is 11.8 Å². The monoisotopic (exact) mass is 252 g/mol. The number of methoxy groups -OCH3 is 1. The van der Waals surface area contributed by atoms with Gasteiger partial charge in [-0.15, -0.1) is 0 Å². The Bertz CT molecular complexity index is 548. The summed E-state index contributed by atoms with van der Waals surface area (Å²) in [6.45, 7) is 0. The summed E-state index contributed by atoms with van der Waals surface area (Å²) in [5.74, 6) is -1.72. The van der Waals surface area contributed by atoms with Crippen LogP contribution in [0.4, 0.5) is 5.69 Å². The van der Waals surface area contributed by atoms with Crippen LogP contribution in [-0.2, 0) is 4.79 Å². The van der Waals surface area contributed by atoms with Gasteiger partial charge in [-0.1, -0.05) is 0 Å². The molecule has 0 radical (unpaired) electrons. The Labute approximate surface area is 101 Å². The number of nitrogens with zero attached hydrogens (tertiary/aromatic N) is 2. The second-order valence-electron chi connectivity index (χ2n) is 3.23. The maximum atomic E-state index is 10.8. The van der Waals surface area contributed by atoms with Crippen molar-refractivity contribution in [1.82, 2.24) is 0 Å². The number of ether oxygens (including phenoxy) is 1. The first-order valence-corrected chi connectivity index (χ1v) is 4.59. The van der Waals surface area contributed by atoms with E-state index in [1.807, 2.05) is 0 Å². The molecule has 0 aliphatic heterocycles. The number of carboxylic acid groups (broad SMARTS) is 1. The minimum Gasteiger partial charge on any atom is -0.495 e. The van der Waals surface area contributed by atoms with Crippen LogP contribution in [0.5, 0.6) is 5.75 Å². The molecule has 0 amide bonds. The largest absolute Gasteiger partial charge is 0.495 e. The lowest BCUT2D eigenvalue weighted by atomic mass is 10.0. The number of benzene rings is 1. The van der Waals surface area contributed by atoms with Gasteiger partial charge in [-0.25, -0.2) is 4.79 Å². The maximum absolute atomic E-state index is 10.8. The first kappa shape index (κ1) is 13.4. The van der Waals surface area contributed by atoms with Gasteiger partial charge in [-0.2, -0.15) is 5.26 Å². The molecule has 1 atom stereocenters. The topological polar surface area (TPSA) is 134 Å². The molecule has 94 valence electrons. The summed E-state index contributed by atoms with van der Waals surface area (Å²) < 4.78 is 4.77. The number of carbonyl (C=O) groups is 1. The molecular formula is C10H8N2O6. The van der Waals surface area contributed by atoms with E-state index < -0.39 is 22.7 Å². The third kappa shape index (κ3) is 2.36. The number of aliphatic hydroxyl groups excluding tert-OH is 1. The van der Waals surface area contributed by atoms with Crippen molar-refractivity contribution in [1.29, 1.82) is 5.26 Å². The molecule has 0 aliphatic rings. The third-order valence-corrected chi connectivity index (χ3v) is 2.18. The van der Waals surface area contributed by atoms with Gasteiger partial charge in [-0.05, 0) is 6.07 Å². The lowest BCUT2D eigenvalue weighted by molar-refractivity contribution is -0.385. The van der Waals surface area contributed by atoms with E-state index in [1.165, 1.54) is 7.11 Å². The SMILES string of the molecule is COc1cc(C(O)C(=O)O)cc([N+](=O)[O-])c1C#N. The Morgan fingerprint density at radius 3 is 2.61 bits per heavy atom. The van der Waals surface area contributed by atoms with Crippen molar-refractivity contribution in [2.75, 3.05) is 7.11 Å². The standard InChI is InChI=1S/C10H8N2O6/c1-18-8-3-5(9(13)10(14)15)2-7(12(16)17)6(8)4-11/h2-3,9,13H,1H3,(H,14,15). The highest BCUT2D eigenvalue weighted by Crippen LogP contribution is 2.32. The minimum atomic E-state index is -1.93. The van der Waals surface area contributed by atoms with E-state index in [9.17, 15) is 20.0 Å². The van der Waals surface area contributed by atoms with Crippen molar-refractivity contribution in [3.63, 3.8) is 0 Å². The van der Waals surface area contributed by atoms with Crippen molar-refractivity contribution in [2.45, 2.75) is 6.10 Å². The summed E-state index contributed by atoms with van der Waals surface area (Å²) in [6, 6.07) is 3.50. The van der Waals surface area contributed by atoms with Crippen LogP contribution in [0.2, 0.25) is 0 Å². The zero-order valence-electron chi connectivity index (χ0n) is 9.15. The van der Waals surface area contributed by atoms with E-state index in [-0.39, 0.29) is 16.9 Å². The summed E-state index contributed by atoms with van der Waals surface area (Å²) in [6.07, 6.45) is -1.93. The molecule has 0 aromatic heterocycles. The van der Waals surface area contributed by atoms with Gasteiger partial charge in [-0.3, -0.25) is 10.1 Å². The van der Waals surface area contributed by atoms with Crippen LogP contribution in [0.1, 0.15) is 17.2 Å². The molecule has 1 rings (SSSR count). The Morgan fingerprint density at radius 2 is 2.22 bits per heavy atom. The summed E-state index contributed by atoms with van der Waals surface area (Å²) in [4.78, 5) is 20.5. The highest BCUT2D eigenvalue weighted by atomic mass is 16.6. The van der Waals surface area contributed by atoms with Crippen LogP contribution >= 0.6 is 0 Å². The number of carboxylic acids is 1. The van der Waals surface area contributed by atoms with Crippen molar-refractivity contribution in [2.24, 2.45) is 0 Å². The molecule has 0 saturated heterocycles. The molecule has 1 aromatic carbocycles. The van der Waals surface area contributed by atoms with E-state index >= 15 is 0 Å². The number of hydrogen-bond donors (Lipinski definition) is 2. The highest BCUT2D eigenvalue weighted by molar-refractivity contribution is 5.75. The molecule has 18 heavy (non-hydrogen) atoms. The first-order valence-electron chi connectivity index (χ1n) is 4.59. The number of nitro benzene ring substituents is 1. The maximum Gasteiger partial charge on any atom is 0.337 e. The minimum absolute atomic E-state index is 0.165. The van der Waals surface area contributed by atoms with Gasteiger partial charge in [0, 0.05) is 11.6 Å². The highest BCUT2D eigenvalue weighted by Gasteiger charge is 2.25. The predicted molar refractivity (Wildman–Crippen MR) is 57.0 cm³/mol. The molecule has 0 bridgehead atoms. The quantitative estimate of drug-likeness (QED) is 0.591. The molecule has 0 fully saturated rings. The summed E-state index contributed by atoms with van der Waals surface area (Å²) in [5.41, 5.74) is -1.18. The molecule has 1 aromatic rings. The zero-order chi connectivity index (χ0) is 13.9. The number of nitro groups is 1. The third-order valence-electron chi connectivity index (χ3n) is 2.18. The second-order valence-corrected chi connectivity index (χ2v) is 3.23. The average Bonchev–Trinajstić information content (AvgIpc) is 2.35. The second kappa shape index (κ2) is 5.11. The van der Waals surface area contributed by atoms with Gasteiger partial charge < -0.3 is 14.9 Å². The molecule has 0 heterocycles. The molecule has 0 saturated carbocycles. The Morgan fingerprint density at radius 1 is 1.61 bits per heavy atom. The number of aliphatic hydroxyl groups is 1. The van der Waals surface area contributed by atoms with Crippen LogP contribution in [0, 0.1) is 21.4 Å². The fourth-order valence-corrected chi connectivity index (χ4v) is 1.34. The van der Waals surface area contributed by atoms with E-state index in [0.29, 0.717) is 0 Å². The fourth-order valence-electron chi connectivity index (χ4n) is 1.34. The number of nitriles is 1. The van der Waals surface area contributed by atoms with Gasteiger partial charge in [0.15, 0.2) is 11.7 Å². The Hall–Kier alpha value is -2.66. The van der Waals surface area contributed by atoms with Crippen molar-refractivity contribution < 1.29 is 24.7 Å². The number of rotatable bonds is 4. The van der Waals surface area contributed by atoms with Crippen LogP contribution in [0.15, 0.2) is 12.1 Å². The van der Waals surface area contributed by atoms with Crippen LogP contribution in [0.25, 0.3) is 0 Å². The number of aliphatic carboxylic acids is 1. The summed E-state index contributed by atoms with van der Waals surface area (Å²) in [5, 5.41) is 37.5. The first-order chi connectivity index (χ1) is 8.42. The molecule has 0 aliphatic carbocycles. The van der Waals surface area contributed by atoms with Crippen LogP contribution in [-0.4, -0.2) is 28.2 Å². The van der Waals surface area contributed by atoms with E-state index in [4.69, 9.17) is 15.1 Å². The molecule has 2 N–H and O–H groups in total. The lowest BCUT2D eigenvalue weighted by Crippen LogP contribution is -2.11. The number of hydrogen-bond acceptors (Lipinski definition) is 6. The van der Waals surface area contributed by atoms with Crippen molar-refractivity contribution in [3.05, 3.63) is 33.4 Å². The normalized spacial score (nSPS) is 11.4. The molecule has 0 spiro atoms. The summed E-state index contributed by atoms with van der Waals surface area (Å²) in [7, 11) is 1.18. The molecule has 8 nitrogen and oxygen atoms in total. The van der Waals surface area contributed by atoms with Gasteiger partial charge >= 0.3 is 5.97 Å².